The summed E-state index contributed by atoms with van der Waals surface area (Å²) in [5.74, 6) is -1.13. The maximum Gasteiger partial charge on any atom is 0.442 e. The van der Waals surface area contributed by atoms with Gasteiger partial charge in [0, 0.05) is 20.3 Å². The van der Waals surface area contributed by atoms with E-state index in [-0.39, 0.29) is 30.5 Å². The van der Waals surface area contributed by atoms with E-state index >= 15 is 0 Å². The average molecular weight is 301 g/mol. The number of hydrogen-bond acceptors (Lipinski definition) is 4. The van der Waals surface area contributed by atoms with Gasteiger partial charge in [-0.25, -0.2) is 0 Å². The minimum absolute atomic E-state index is 0.156. The fourth-order valence-corrected chi connectivity index (χ4v) is 2.47. The Morgan fingerprint density at radius 3 is 2.68 bits per heavy atom. The van der Waals surface area contributed by atoms with Crippen LogP contribution in [-0.2, 0) is 14.3 Å². The van der Waals surface area contributed by atoms with Crippen LogP contribution in [-0.4, -0.2) is 61.1 Å². The highest BCUT2D eigenvalue weighted by molar-refractivity contribution is 8.00. The van der Waals surface area contributed by atoms with E-state index < -0.39 is 17.2 Å². The van der Waals surface area contributed by atoms with E-state index in [1.165, 1.54) is 12.0 Å². The first-order valence-corrected chi connectivity index (χ1v) is 6.94. The van der Waals surface area contributed by atoms with Crippen molar-refractivity contribution in [3.8, 4) is 0 Å². The maximum atomic E-state index is 12.1. The normalized spacial score (nSPS) is 23.6. The summed E-state index contributed by atoms with van der Waals surface area (Å²) in [5.41, 5.74) is -4.39. The van der Waals surface area contributed by atoms with Gasteiger partial charge in [-0.2, -0.15) is 13.2 Å². The Bertz CT molecular complexity index is 301. The first kappa shape index (κ1) is 16.6. The van der Waals surface area contributed by atoms with E-state index in [0.717, 1.165) is 0 Å². The van der Waals surface area contributed by atoms with Gasteiger partial charge >= 0.3 is 5.51 Å². The Labute approximate surface area is 114 Å². The second-order valence-electron chi connectivity index (χ2n) is 4.25. The van der Waals surface area contributed by atoms with Gasteiger partial charge in [0.05, 0.1) is 24.5 Å². The van der Waals surface area contributed by atoms with Crippen LogP contribution in [0.25, 0.3) is 0 Å². The maximum absolute atomic E-state index is 12.1. The zero-order chi connectivity index (χ0) is 14.5. The molecule has 8 heteroatoms. The lowest BCUT2D eigenvalue weighted by molar-refractivity contribution is -0.132. The fraction of sp³-hybridized carbons (Fsp3) is 0.909. The van der Waals surface area contributed by atoms with Gasteiger partial charge in [0.25, 0.3) is 0 Å². The van der Waals surface area contributed by atoms with Crippen LogP contribution >= 0.6 is 11.8 Å². The molecule has 0 unspecified atom stereocenters. The highest BCUT2D eigenvalue weighted by atomic mass is 32.2. The molecule has 1 fully saturated rings. The van der Waals surface area contributed by atoms with Gasteiger partial charge in [-0.1, -0.05) is 0 Å². The van der Waals surface area contributed by atoms with Gasteiger partial charge in [0.15, 0.2) is 0 Å². The first-order valence-electron chi connectivity index (χ1n) is 5.96. The molecule has 0 aromatic carbocycles. The Balaban J connectivity index is 2.59. The Kier molecular flexibility index (Phi) is 6.41. The highest BCUT2D eigenvalue weighted by Crippen LogP contribution is 2.30. The van der Waals surface area contributed by atoms with Crippen LogP contribution < -0.4 is 0 Å². The zero-order valence-corrected chi connectivity index (χ0v) is 11.7. The molecule has 0 aromatic rings. The summed E-state index contributed by atoms with van der Waals surface area (Å²) in [6.45, 7) is 2.93. The van der Waals surface area contributed by atoms with Crippen LogP contribution in [0.5, 0.6) is 0 Å². The largest absolute Gasteiger partial charge is 0.442 e. The van der Waals surface area contributed by atoms with Gasteiger partial charge in [-0.3, -0.25) is 4.79 Å². The van der Waals surface area contributed by atoms with Crippen molar-refractivity contribution < 1.29 is 27.4 Å². The molecule has 19 heavy (non-hydrogen) atoms. The molecule has 1 rings (SSSR count). The van der Waals surface area contributed by atoms with Gasteiger partial charge in [-0.15, -0.1) is 0 Å². The lowest BCUT2D eigenvalue weighted by Crippen LogP contribution is -2.46. The van der Waals surface area contributed by atoms with Crippen molar-refractivity contribution in [1.29, 1.82) is 0 Å². The monoisotopic (exact) mass is 301 g/mol. The number of amides is 1. The third-order valence-corrected chi connectivity index (χ3v) is 3.67. The molecule has 0 aromatic heterocycles. The van der Waals surface area contributed by atoms with Crippen LogP contribution in [0, 0.1) is 0 Å². The molecule has 1 amide bonds. The molecule has 0 bridgehead atoms. The molecule has 4 nitrogen and oxygen atoms in total. The van der Waals surface area contributed by atoms with Crippen molar-refractivity contribution in [2.75, 3.05) is 32.6 Å². The predicted molar refractivity (Wildman–Crippen MR) is 65.9 cm³/mol. The van der Waals surface area contributed by atoms with Gasteiger partial charge in [0.1, 0.15) is 0 Å². The van der Waals surface area contributed by atoms with E-state index in [1.54, 1.807) is 0 Å². The lowest BCUT2D eigenvalue weighted by Gasteiger charge is -2.30. The third kappa shape index (κ3) is 5.58. The summed E-state index contributed by atoms with van der Waals surface area (Å²) in [6.07, 6.45) is 0.490. The molecular weight excluding hydrogens is 283 g/mol. The molecule has 2 atom stereocenters. The molecule has 0 N–H and O–H groups in total. The van der Waals surface area contributed by atoms with E-state index in [1.807, 2.05) is 6.92 Å². The molecule has 0 spiro atoms. The van der Waals surface area contributed by atoms with Gasteiger partial charge in [0.2, 0.25) is 5.91 Å². The fourth-order valence-electron chi connectivity index (χ4n) is 2.02. The molecule has 1 saturated heterocycles. The summed E-state index contributed by atoms with van der Waals surface area (Å²) in [4.78, 5) is 13.4. The standard InChI is InChI=1S/C11H18F3NO3S/c1-8-9(3-5-18-8)15(4-6-17-2)10(16)7-19-11(12,13)14/h8-9H,3-7H2,1-2H3/t8-,9+/m0/s1. The van der Waals surface area contributed by atoms with Gasteiger partial charge in [-0.05, 0) is 25.1 Å². The Morgan fingerprint density at radius 2 is 2.21 bits per heavy atom. The molecule has 0 saturated carbocycles. The highest BCUT2D eigenvalue weighted by Gasteiger charge is 2.35. The number of carbonyl (C=O) groups is 1. The molecule has 0 radical (unpaired) electrons. The summed E-state index contributed by atoms with van der Waals surface area (Å²) in [6, 6.07) is -0.170. The summed E-state index contributed by atoms with van der Waals surface area (Å²) < 4.78 is 46.6. The van der Waals surface area contributed by atoms with Crippen LogP contribution in [0.4, 0.5) is 13.2 Å². The van der Waals surface area contributed by atoms with Crippen molar-refractivity contribution in [1.82, 2.24) is 4.90 Å². The second kappa shape index (κ2) is 7.35. The Morgan fingerprint density at radius 1 is 1.53 bits per heavy atom. The molecular formula is C11H18F3NO3S. The number of hydrogen-bond donors (Lipinski definition) is 0. The number of nitrogens with zero attached hydrogens (tertiary/aromatic N) is 1. The smallest absolute Gasteiger partial charge is 0.383 e. The second-order valence-corrected chi connectivity index (χ2v) is 5.29. The van der Waals surface area contributed by atoms with Crippen molar-refractivity contribution in [3.05, 3.63) is 0 Å². The van der Waals surface area contributed by atoms with Crippen molar-refractivity contribution in [3.63, 3.8) is 0 Å². The number of ether oxygens (including phenoxy) is 2. The Hall–Kier alpha value is -0.470. The summed E-state index contributed by atoms with van der Waals surface area (Å²) in [5, 5.41) is 0. The zero-order valence-electron chi connectivity index (χ0n) is 10.9. The van der Waals surface area contributed by atoms with Crippen molar-refractivity contribution in [2.24, 2.45) is 0 Å². The number of carbonyl (C=O) groups excluding carboxylic acids is 1. The number of rotatable bonds is 6. The van der Waals surface area contributed by atoms with E-state index in [9.17, 15) is 18.0 Å². The summed E-state index contributed by atoms with van der Waals surface area (Å²) >= 11 is -0.309. The minimum atomic E-state index is -4.39. The molecule has 0 aliphatic carbocycles. The third-order valence-electron chi connectivity index (χ3n) is 2.95. The predicted octanol–water partition coefficient (Wildman–Crippen LogP) is 1.89. The number of thioether (sulfide) groups is 1. The summed E-state index contributed by atoms with van der Waals surface area (Å²) in [7, 11) is 1.49. The minimum Gasteiger partial charge on any atom is -0.383 e. The SMILES string of the molecule is COCCN(C(=O)CSC(F)(F)F)[C@@H]1CCO[C@H]1C. The molecule has 1 aliphatic heterocycles. The number of methoxy groups -OCH3 is 1. The van der Waals surface area contributed by atoms with Crippen LogP contribution in [0.15, 0.2) is 0 Å². The van der Waals surface area contributed by atoms with Crippen LogP contribution in [0.2, 0.25) is 0 Å². The number of alkyl halides is 3. The molecule has 112 valence electrons. The molecule has 1 heterocycles. The molecule has 1 aliphatic rings. The van der Waals surface area contributed by atoms with Crippen molar-refractivity contribution >= 4 is 17.7 Å². The quantitative estimate of drug-likeness (QED) is 0.751. The van der Waals surface area contributed by atoms with Crippen LogP contribution in [0.1, 0.15) is 13.3 Å². The topological polar surface area (TPSA) is 38.8 Å². The first-order chi connectivity index (χ1) is 8.85. The van der Waals surface area contributed by atoms with Crippen molar-refractivity contribution in [2.45, 2.75) is 31.0 Å². The van der Waals surface area contributed by atoms with E-state index in [2.05, 4.69) is 0 Å². The van der Waals surface area contributed by atoms with E-state index in [4.69, 9.17) is 9.47 Å². The lowest BCUT2D eigenvalue weighted by atomic mass is 10.1. The van der Waals surface area contributed by atoms with Gasteiger partial charge < -0.3 is 14.4 Å². The number of halogens is 3. The van der Waals surface area contributed by atoms with Crippen LogP contribution in [0.3, 0.4) is 0 Å². The average Bonchev–Trinajstić information content (AvgIpc) is 2.73. The van der Waals surface area contributed by atoms with E-state index in [0.29, 0.717) is 19.6 Å².